The van der Waals surface area contributed by atoms with E-state index in [4.69, 9.17) is 0 Å². The average Bonchev–Trinajstić information content (AvgIpc) is 3.35. The highest BCUT2D eigenvalue weighted by Crippen LogP contribution is 2.62. The van der Waals surface area contributed by atoms with Crippen LogP contribution < -0.4 is 15.9 Å². The number of hydrogen-bond donors (Lipinski definition) is 1. The van der Waals surface area contributed by atoms with Crippen molar-refractivity contribution in [1.82, 2.24) is 0 Å². The predicted octanol–water partition coefficient (Wildman–Crippen LogP) is 7.89. The molecule has 1 nitrogen and oxygen atoms in total. The van der Waals surface area contributed by atoms with Gasteiger partial charge in [0.2, 0.25) is 7.49 Å². The van der Waals surface area contributed by atoms with Gasteiger partial charge in [0.1, 0.15) is 15.9 Å². The van der Waals surface area contributed by atoms with Crippen LogP contribution in [0.1, 0.15) is 47.2 Å². The first kappa shape index (κ1) is 25.4. The molecule has 0 saturated carbocycles. The highest BCUT2D eigenvalue weighted by molar-refractivity contribution is 7.91. The van der Waals surface area contributed by atoms with Gasteiger partial charge in [-0.05, 0) is 80.9 Å². The van der Waals surface area contributed by atoms with E-state index in [0.717, 1.165) is 15.9 Å². The molecule has 0 fully saturated rings. The molecule has 2 aliphatic rings. The molecule has 0 saturated heterocycles. The van der Waals surface area contributed by atoms with Crippen LogP contribution in [0, 0.1) is 0 Å². The molecule has 6 aromatic rings. The molecular formula is C40H32OP+. The molecule has 0 aromatic heterocycles. The Labute approximate surface area is 248 Å². The third-order valence-electron chi connectivity index (χ3n) is 9.67. The van der Waals surface area contributed by atoms with Crippen molar-refractivity contribution in [3.8, 4) is 11.1 Å². The fourth-order valence-corrected chi connectivity index (χ4v) is 10.5. The summed E-state index contributed by atoms with van der Waals surface area (Å²) < 4.78 is 0. The third kappa shape index (κ3) is 3.21. The molecule has 0 radical (unpaired) electrons. The molecule has 0 unspecified atom stereocenters. The van der Waals surface area contributed by atoms with Crippen LogP contribution in [0.3, 0.4) is 0 Å². The Morgan fingerprint density at radius 1 is 0.405 bits per heavy atom. The quantitative estimate of drug-likeness (QED) is 0.218. The molecule has 2 aliphatic carbocycles. The topological polar surface area (TPSA) is 20.2 Å². The first-order valence-corrected chi connectivity index (χ1v) is 16.4. The lowest BCUT2D eigenvalue weighted by Crippen LogP contribution is -2.40. The Kier molecular flexibility index (Phi) is 5.51. The zero-order chi connectivity index (χ0) is 28.5. The van der Waals surface area contributed by atoms with Crippen molar-refractivity contribution >= 4 is 23.4 Å². The lowest BCUT2D eigenvalue weighted by molar-refractivity contribution is 0.563. The van der Waals surface area contributed by atoms with Gasteiger partial charge in [0, 0.05) is 5.41 Å². The second-order valence-corrected chi connectivity index (χ2v) is 14.9. The second kappa shape index (κ2) is 9.10. The standard InChI is InChI=1S/C40H32OP/c1-39(2)35-21-11-13-23-37(35)40(38-24-14-12-22-36(38)39)33-20-10-9-19-31(33)32-27-30(25-26-34(32)40)42(41,28-15-5-3-6-16-28)29-17-7-4-8-18-29/h3-27,41H,1-2H3/q+1. The summed E-state index contributed by atoms with van der Waals surface area (Å²) in [6, 6.07) is 54.2. The van der Waals surface area contributed by atoms with Gasteiger partial charge in [0.15, 0.2) is 0 Å². The van der Waals surface area contributed by atoms with Crippen molar-refractivity contribution in [3.63, 3.8) is 0 Å². The maximum absolute atomic E-state index is 12.8. The van der Waals surface area contributed by atoms with Crippen LogP contribution in [-0.2, 0) is 10.8 Å². The summed E-state index contributed by atoms with van der Waals surface area (Å²) in [5.74, 6) is 0. The van der Waals surface area contributed by atoms with Crippen LogP contribution in [0.2, 0.25) is 0 Å². The van der Waals surface area contributed by atoms with Gasteiger partial charge in [0.05, 0.1) is 5.41 Å². The Bertz CT molecular complexity index is 1880. The van der Waals surface area contributed by atoms with Gasteiger partial charge in [0.25, 0.3) is 0 Å². The lowest BCUT2D eigenvalue weighted by Gasteiger charge is -2.46. The summed E-state index contributed by atoms with van der Waals surface area (Å²) in [7, 11) is -2.88. The molecule has 1 N–H and O–H groups in total. The van der Waals surface area contributed by atoms with Gasteiger partial charge in [-0.2, -0.15) is 0 Å². The summed E-state index contributed by atoms with van der Waals surface area (Å²) in [5, 5.41) is 2.91. The van der Waals surface area contributed by atoms with Gasteiger partial charge < -0.3 is 0 Å². The van der Waals surface area contributed by atoms with Gasteiger partial charge >= 0.3 is 0 Å². The molecule has 2 heteroatoms. The van der Waals surface area contributed by atoms with Crippen LogP contribution >= 0.6 is 7.49 Å². The largest absolute Gasteiger partial charge is 0.238 e. The van der Waals surface area contributed by atoms with Crippen LogP contribution in [0.4, 0.5) is 0 Å². The lowest BCUT2D eigenvalue weighted by atomic mass is 9.55. The number of fused-ring (bicyclic) bond motifs is 9. The smallest absolute Gasteiger partial charge is 0.235 e. The first-order valence-electron chi connectivity index (χ1n) is 14.7. The molecule has 0 bridgehead atoms. The van der Waals surface area contributed by atoms with Crippen molar-refractivity contribution < 1.29 is 4.89 Å². The van der Waals surface area contributed by atoms with E-state index in [-0.39, 0.29) is 5.41 Å². The summed E-state index contributed by atoms with van der Waals surface area (Å²) in [5.41, 5.74) is 9.94. The van der Waals surface area contributed by atoms with E-state index < -0.39 is 12.9 Å². The van der Waals surface area contributed by atoms with E-state index in [0.29, 0.717) is 0 Å². The van der Waals surface area contributed by atoms with Crippen LogP contribution in [0.5, 0.6) is 0 Å². The Hall–Kier alpha value is -4.29. The molecule has 8 rings (SSSR count). The van der Waals surface area contributed by atoms with Gasteiger partial charge in [-0.15, -0.1) is 0 Å². The van der Waals surface area contributed by atoms with Crippen molar-refractivity contribution in [3.05, 3.63) is 185 Å². The number of hydrogen-bond acceptors (Lipinski definition) is 1. The molecule has 6 aromatic carbocycles. The number of rotatable bonds is 3. The third-order valence-corrected chi connectivity index (χ3v) is 12.8. The average molecular weight is 560 g/mol. The van der Waals surface area contributed by atoms with Crippen molar-refractivity contribution in [2.75, 3.05) is 0 Å². The van der Waals surface area contributed by atoms with Gasteiger partial charge in [-0.3, -0.25) is 0 Å². The highest BCUT2D eigenvalue weighted by Gasteiger charge is 2.54. The summed E-state index contributed by atoms with van der Waals surface area (Å²) >= 11 is 0. The van der Waals surface area contributed by atoms with Crippen molar-refractivity contribution in [2.45, 2.75) is 24.7 Å². The summed E-state index contributed by atoms with van der Waals surface area (Å²) in [6.07, 6.45) is 0. The Morgan fingerprint density at radius 2 is 0.833 bits per heavy atom. The fraction of sp³-hybridized carbons (Fsp3) is 0.100. The molecule has 0 amide bonds. The van der Waals surface area contributed by atoms with E-state index in [2.05, 4.69) is 129 Å². The van der Waals surface area contributed by atoms with E-state index >= 15 is 0 Å². The molecule has 0 atom stereocenters. The fourth-order valence-electron chi connectivity index (χ4n) is 7.79. The SMILES string of the molecule is CC1(C)c2ccccc2C2(c3ccccc3-c3cc([P+](O)(c4ccccc4)c4ccccc4)ccc32)c2ccccc21. The van der Waals surface area contributed by atoms with E-state index in [1.54, 1.807) is 0 Å². The van der Waals surface area contributed by atoms with Crippen molar-refractivity contribution in [1.29, 1.82) is 0 Å². The summed E-state index contributed by atoms with van der Waals surface area (Å²) in [6.45, 7) is 4.71. The first-order chi connectivity index (χ1) is 20.5. The van der Waals surface area contributed by atoms with Gasteiger partial charge in [-0.1, -0.05) is 129 Å². The minimum absolute atomic E-state index is 0.123. The summed E-state index contributed by atoms with van der Waals surface area (Å²) in [4.78, 5) is 12.8. The minimum Gasteiger partial charge on any atom is -0.235 e. The highest BCUT2D eigenvalue weighted by atomic mass is 31.2. The minimum atomic E-state index is -2.88. The molecule has 0 heterocycles. The zero-order valence-electron chi connectivity index (χ0n) is 23.8. The van der Waals surface area contributed by atoms with Crippen molar-refractivity contribution in [2.24, 2.45) is 0 Å². The molecule has 202 valence electrons. The Balaban J connectivity index is 1.47. The molecular weight excluding hydrogens is 527 g/mol. The molecule has 0 aliphatic heterocycles. The Morgan fingerprint density at radius 3 is 1.38 bits per heavy atom. The van der Waals surface area contributed by atoms with Gasteiger partial charge in [-0.25, -0.2) is 4.89 Å². The van der Waals surface area contributed by atoms with Crippen LogP contribution in [0.25, 0.3) is 11.1 Å². The second-order valence-electron chi connectivity index (χ2n) is 12.0. The van der Waals surface area contributed by atoms with E-state index in [1.165, 1.54) is 44.5 Å². The predicted molar refractivity (Wildman–Crippen MR) is 177 cm³/mol. The van der Waals surface area contributed by atoms with Crippen LogP contribution in [-0.4, -0.2) is 4.89 Å². The zero-order valence-corrected chi connectivity index (χ0v) is 24.7. The van der Waals surface area contributed by atoms with Crippen LogP contribution in [0.15, 0.2) is 152 Å². The monoisotopic (exact) mass is 559 g/mol. The maximum atomic E-state index is 12.8. The number of benzene rings is 6. The van der Waals surface area contributed by atoms with E-state index in [9.17, 15) is 4.89 Å². The molecule has 42 heavy (non-hydrogen) atoms. The van der Waals surface area contributed by atoms with E-state index in [1.807, 2.05) is 36.4 Å². The normalized spacial score (nSPS) is 15.4. The maximum Gasteiger partial charge on any atom is 0.238 e. The molecule has 1 spiro atoms.